The van der Waals surface area contributed by atoms with E-state index in [0.717, 1.165) is 11.1 Å². The molecule has 3 saturated carbocycles. The maximum atomic E-state index is 16.0. The van der Waals surface area contributed by atoms with Gasteiger partial charge in [0.2, 0.25) is 6.29 Å². The molecular formula is C45H57BrO14. The van der Waals surface area contributed by atoms with Crippen molar-refractivity contribution in [2.24, 2.45) is 11.8 Å². The fourth-order valence-electron chi connectivity index (χ4n) is 10.3. The number of hydrogen-bond acceptors (Lipinski definition) is 14. The van der Waals surface area contributed by atoms with Crippen molar-refractivity contribution in [1.82, 2.24) is 0 Å². The van der Waals surface area contributed by atoms with E-state index in [1.54, 1.807) is 13.0 Å². The van der Waals surface area contributed by atoms with Crippen LogP contribution in [0.25, 0.3) is 6.08 Å². The number of carbonyl (C=O) groups is 3. The van der Waals surface area contributed by atoms with Gasteiger partial charge in [0.15, 0.2) is 27.1 Å². The zero-order valence-corrected chi connectivity index (χ0v) is 37.1. The van der Waals surface area contributed by atoms with E-state index in [0.29, 0.717) is 24.2 Å². The van der Waals surface area contributed by atoms with Gasteiger partial charge >= 0.3 is 5.97 Å². The first kappa shape index (κ1) is 44.6. The summed E-state index contributed by atoms with van der Waals surface area (Å²) < 4.78 is 36.5. The summed E-state index contributed by atoms with van der Waals surface area (Å²) in [6.45, 7) is 14.3. The van der Waals surface area contributed by atoms with Crippen LogP contribution < -0.4 is 14.2 Å². The second-order valence-corrected chi connectivity index (χ2v) is 19.6. The fraction of sp³-hybridized carbons (Fsp3) is 0.622. The van der Waals surface area contributed by atoms with Gasteiger partial charge in [-0.25, -0.2) is 4.79 Å². The van der Waals surface area contributed by atoms with Crippen molar-refractivity contribution in [3.05, 3.63) is 57.7 Å². The van der Waals surface area contributed by atoms with Crippen molar-refractivity contribution in [1.29, 1.82) is 0 Å². The van der Waals surface area contributed by atoms with Crippen molar-refractivity contribution < 1.29 is 68.3 Å². The highest BCUT2D eigenvalue weighted by Crippen LogP contribution is 2.73. The molecule has 1 aromatic carbocycles. The monoisotopic (exact) mass is 900 g/mol. The number of ketones is 2. The van der Waals surface area contributed by atoms with Gasteiger partial charge < -0.3 is 54.0 Å². The Morgan fingerprint density at radius 2 is 1.63 bits per heavy atom. The third-order valence-electron chi connectivity index (χ3n) is 13.4. The van der Waals surface area contributed by atoms with Crippen molar-refractivity contribution in [3.8, 4) is 17.2 Å². The lowest BCUT2D eigenvalue weighted by atomic mass is 9.45. The van der Waals surface area contributed by atoms with Crippen LogP contribution in [-0.4, -0.2) is 120 Å². The van der Waals surface area contributed by atoms with E-state index >= 15 is 4.79 Å². The second kappa shape index (κ2) is 15.4. The Labute approximate surface area is 358 Å². The van der Waals surface area contributed by atoms with Gasteiger partial charge in [0.25, 0.3) is 0 Å². The van der Waals surface area contributed by atoms with E-state index in [1.807, 2.05) is 60.6 Å². The number of aliphatic hydroxyl groups excluding tert-OH is 5. The van der Waals surface area contributed by atoms with Gasteiger partial charge in [0, 0.05) is 29.4 Å². The topological polar surface area (TPSA) is 208 Å². The Morgan fingerprint density at radius 3 is 2.27 bits per heavy atom. The molecule has 3 aliphatic carbocycles. The number of alkyl halides is 1. The van der Waals surface area contributed by atoms with Crippen molar-refractivity contribution >= 4 is 39.5 Å². The molecule has 5 fully saturated rings. The molecule has 4 bridgehead atoms. The van der Waals surface area contributed by atoms with Crippen LogP contribution >= 0.6 is 15.9 Å². The summed E-state index contributed by atoms with van der Waals surface area (Å²) in [6.07, 6.45) is 0.550. The third kappa shape index (κ3) is 6.39. The average Bonchev–Trinajstić information content (AvgIpc) is 3.33. The van der Waals surface area contributed by atoms with Crippen LogP contribution in [0.3, 0.4) is 0 Å². The van der Waals surface area contributed by atoms with Gasteiger partial charge in [0.05, 0.1) is 31.0 Å². The molecule has 12 atom stereocenters. The lowest BCUT2D eigenvalue weighted by Crippen LogP contribution is -2.86. The summed E-state index contributed by atoms with van der Waals surface area (Å²) in [4.78, 5) is 43.6. The van der Waals surface area contributed by atoms with Gasteiger partial charge in [-0.05, 0) is 93.2 Å². The lowest BCUT2D eigenvalue weighted by Gasteiger charge is -2.65. The molecular weight excluding hydrogens is 844 g/mol. The molecule has 60 heavy (non-hydrogen) atoms. The summed E-state index contributed by atoms with van der Waals surface area (Å²) in [5.74, 6) is -3.43. The van der Waals surface area contributed by atoms with E-state index in [-0.39, 0.29) is 47.5 Å². The Kier molecular flexibility index (Phi) is 11.5. The number of allylic oxidation sites excluding steroid dienone is 4. The van der Waals surface area contributed by atoms with E-state index in [2.05, 4.69) is 22.0 Å². The standard InChI is InChI=1S/C45H57BrO14/c1-21(2)11-10-16-42(8)17-15-25-33(58-42)24(13-12-22(3)4)35-29(34(25)57-40-32(50)31(49)30(48)27(20-47)56-40)38(53)44(46)37(52)26-19-28-41(6,7)60-43(36(26)51,45(28,44)59-35)18-14-23(5)39(54)55-9/h11-12,14-15,17,26-28,30-32,37,40,47-50,52H,10,13,16,18-20H2,1-9H3/b23-14-/t26?,27-,28?,30-,31-,32-,37?,40+,42?,43?,44?,45?/m1/s1. The molecule has 14 nitrogen and oxygen atoms in total. The zero-order valence-electron chi connectivity index (χ0n) is 35.5. The highest BCUT2D eigenvalue weighted by Gasteiger charge is 2.90. The number of benzene rings is 1. The van der Waals surface area contributed by atoms with Crippen molar-refractivity contribution in [2.45, 2.75) is 151 Å². The largest absolute Gasteiger partial charge is 0.482 e. The third-order valence-corrected chi connectivity index (χ3v) is 14.8. The maximum absolute atomic E-state index is 16.0. The Hall–Kier alpha value is -3.41. The molecule has 2 saturated heterocycles. The summed E-state index contributed by atoms with van der Waals surface area (Å²) >= 11 is 3.78. The van der Waals surface area contributed by atoms with Crippen LogP contribution in [0, 0.1) is 11.8 Å². The molecule has 4 aliphatic heterocycles. The molecule has 1 spiro atoms. The smallest absolute Gasteiger partial charge is 0.333 e. The molecule has 1 aromatic rings. The first-order chi connectivity index (χ1) is 28.1. The van der Waals surface area contributed by atoms with E-state index in [9.17, 15) is 35.1 Å². The van der Waals surface area contributed by atoms with Crippen LogP contribution in [-0.2, 0) is 30.2 Å². The predicted molar refractivity (Wildman–Crippen MR) is 221 cm³/mol. The number of halogens is 1. The first-order valence-corrected chi connectivity index (χ1v) is 21.3. The number of fused-ring (bicyclic) bond motifs is 2. The summed E-state index contributed by atoms with van der Waals surface area (Å²) in [7, 11) is 1.25. The van der Waals surface area contributed by atoms with E-state index in [1.165, 1.54) is 13.2 Å². The SMILES string of the molecule is COC(=O)/C(C)=C\CC12OC(C)(C)C3CC(C1=O)C(O)C1(Br)C(=O)c4c(O[C@@H]5O[C@H](CO)[C@@H](O)[C@@H](O)[C@H]5O)c5c(c(CC=C(C)C)c4OC321)OC(C)(CCC=C(C)C)C=C5. The molecule has 8 rings (SSSR count). The van der Waals surface area contributed by atoms with Crippen LogP contribution in [0.15, 0.2) is 41.0 Å². The number of Topliss-reactive ketones (excluding diaryl/α,β-unsaturated/α-hetero) is 2. The van der Waals surface area contributed by atoms with Gasteiger partial charge in [-0.3, -0.25) is 9.59 Å². The van der Waals surface area contributed by atoms with Crippen LogP contribution in [0.4, 0.5) is 0 Å². The number of hydrogen-bond donors (Lipinski definition) is 5. The summed E-state index contributed by atoms with van der Waals surface area (Å²) in [6, 6.07) is 0. The minimum atomic E-state index is -2.05. The van der Waals surface area contributed by atoms with Crippen molar-refractivity contribution in [2.75, 3.05) is 13.7 Å². The number of rotatable bonds is 11. The van der Waals surface area contributed by atoms with Gasteiger partial charge in [-0.2, -0.15) is 0 Å². The van der Waals surface area contributed by atoms with E-state index < -0.39 is 99.5 Å². The molecule has 328 valence electrons. The summed E-state index contributed by atoms with van der Waals surface area (Å²) in [5.41, 5.74) is -2.94. The van der Waals surface area contributed by atoms with Crippen LogP contribution in [0.1, 0.15) is 103 Å². The second-order valence-electron chi connectivity index (χ2n) is 18.3. The van der Waals surface area contributed by atoms with Gasteiger partial charge in [-0.15, -0.1) is 0 Å². The Morgan fingerprint density at radius 1 is 0.950 bits per heavy atom. The maximum Gasteiger partial charge on any atom is 0.333 e. The minimum Gasteiger partial charge on any atom is -0.482 e. The predicted octanol–water partition coefficient (Wildman–Crippen LogP) is 4.37. The molecule has 0 aromatic heterocycles. The Balaban J connectivity index is 1.53. The lowest BCUT2D eigenvalue weighted by molar-refractivity contribution is -0.277. The average molecular weight is 902 g/mol. The molecule has 7 unspecified atom stereocenters. The normalized spacial score (nSPS) is 38.2. The number of esters is 1. The van der Waals surface area contributed by atoms with Crippen LogP contribution in [0.5, 0.6) is 17.2 Å². The minimum absolute atomic E-state index is 0.00226. The van der Waals surface area contributed by atoms with Crippen molar-refractivity contribution in [3.63, 3.8) is 0 Å². The van der Waals surface area contributed by atoms with Gasteiger partial charge in [-0.1, -0.05) is 45.3 Å². The Bertz CT molecular complexity index is 2100. The number of methoxy groups -OCH3 is 1. The number of carbonyl (C=O) groups excluding carboxylic acids is 3. The highest BCUT2D eigenvalue weighted by atomic mass is 79.9. The molecule has 5 N–H and O–H groups in total. The van der Waals surface area contributed by atoms with Gasteiger partial charge in [0.1, 0.15) is 52.8 Å². The molecule has 15 heteroatoms. The van der Waals surface area contributed by atoms with E-state index in [4.69, 9.17) is 28.4 Å². The molecule has 0 amide bonds. The zero-order chi connectivity index (χ0) is 44.1. The highest BCUT2D eigenvalue weighted by molar-refractivity contribution is 9.10. The molecule has 0 radical (unpaired) electrons. The number of aliphatic hydroxyl groups is 5. The molecule has 4 heterocycles. The summed E-state index contributed by atoms with van der Waals surface area (Å²) in [5, 5.41) is 55.1. The first-order valence-electron chi connectivity index (χ1n) is 20.5. The fourth-order valence-corrected chi connectivity index (χ4v) is 11.5. The van der Waals surface area contributed by atoms with Crippen LogP contribution in [0.2, 0.25) is 0 Å². The quantitative estimate of drug-likeness (QED) is 0.0906. The number of ether oxygens (including phenoxy) is 6. The molecule has 7 aliphatic rings.